The van der Waals surface area contributed by atoms with Crippen molar-refractivity contribution >= 4 is 17.9 Å². The molecular weight excluding hydrogens is 1010 g/mol. The van der Waals surface area contributed by atoms with Crippen LogP contribution in [0.1, 0.15) is 297 Å². The van der Waals surface area contributed by atoms with Crippen LogP contribution in [0.25, 0.3) is 0 Å². The van der Waals surface area contributed by atoms with E-state index in [9.17, 15) is 14.4 Å². The van der Waals surface area contributed by atoms with Crippen molar-refractivity contribution in [3.63, 3.8) is 0 Å². The van der Waals surface area contributed by atoms with Crippen LogP contribution < -0.4 is 0 Å². The number of rotatable bonds is 60. The zero-order chi connectivity index (χ0) is 59.2. The molecule has 0 bridgehead atoms. The summed E-state index contributed by atoms with van der Waals surface area (Å²) in [6.45, 7) is 6.31. The first-order valence-corrected chi connectivity index (χ1v) is 33.8. The third-order valence-corrected chi connectivity index (χ3v) is 14.1. The second-order valence-electron chi connectivity index (χ2n) is 22.0. The lowest BCUT2D eigenvalue weighted by molar-refractivity contribution is -0.166. The maximum absolute atomic E-state index is 12.9. The van der Waals surface area contributed by atoms with Crippen molar-refractivity contribution in [3.8, 4) is 0 Å². The van der Waals surface area contributed by atoms with Gasteiger partial charge in [-0.25, -0.2) is 0 Å². The van der Waals surface area contributed by atoms with Crippen molar-refractivity contribution in [1.82, 2.24) is 0 Å². The fourth-order valence-electron chi connectivity index (χ4n) is 9.10. The molecule has 0 heterocycles. The van der Waals surface area contributed by atoms with Gasteiger partial charge in [-0.3, -0.25) is 14.4 Å². The van der Waals surface area contributed by atoms with E-state index in [-0.39, 0.29) is 38.0 Å². The van der Waals surface area contributed by atoms with Gasteiger partial charge in [-0.05, 0) is 122 Å². The van der Waals surface area contributed by atoms with Gasteiger partial charge in [0.05, 0.1) is 6.42 Å². The number of esters is 3. The second kappa shape index (κ2) is 68.8. The van der Waals surface area contributed by atoms with Crippen LogP contribution in [0.15, 0.2) is 146 Å². The molecule has 1 unspecified atom stereocenters. The highest BCUT2D eigenvalue weighted by atomic mass is 16.6. The SMILES string of the molecule is CC/C=C\C/C=C\C/C=C\C/C=C\C/C=C\CCCCCCCCCCCCCCCCCCCC(=O)OCC(COC(=O)C/C=C\C/C=C\C/C=C\C/C=C\C/C=C\CC)OC(=O)CCCCCCC/C=C\C/C=C\CCCCCC. The van der Waals surface area contributed by atoms with E-state index < -0.39 is 12.1 Å². The number of unbranched alkanes of at least 4 members (excludes halogenated alkanes) is 26. The molecule has 0 aliphatic rings. The van der Waals surface area contributed by atoms with E-state index in [1.807, 2.05) is 6.08 Å². The summed E-state index contributed by atoms with van der Waals surface area (Å²) in [6.07, 6.45) is 99.0. The summed E-state index contributed by atoms with van der Waals surface area (Å²) in [5.74, 6) is -1.06. The van der Waals surface area contributed by atoms with Gasteiger partial charge in [0.15, 0.2) is 6.10 Å². The summed E-state index contributed by atoms with van der Waals surface area (Å²) >= 11 is 0. The van der Waals surface area contributed by atoms with Gasteiger partial charge >= 0.3 is 17.9 Å². The lowest BCUT2D eigenvalue weighted by atomic mass is 10.0. The highest BCUT2D eigenvalue weighted by molar-refractivity contribution is 5.72. The smallest absolute Gasteiger partial charge is 0.309 e. The van der Waals surface area contributed by atoms with Crippen LogP contribution >= 0.6 is 0 Å². The molecule has 0 radical (unpaired) electrons. The summed E-state index contributed by atoms with van der Waals surface area (Å²) in [5, 5.41) is 0. The summed E-state index contributed by atoms with van der Waals surface area (Å²) in [4.78, 5) is 38.3. The Bertz CT molecular complexity index is 1780. The van der Waals surface area contributed by atoms with Crippen LogP contribution in [0, 0.1) is 0 Å². The van der Waals surface area contributed by atoms with Gasteiger partial charge in [0, 0.05) is 12.8 Å². The van der Waals surface area contributed by atoms with Crippen LogP contribution in [-0.2, 0) is 28.6 Å². The van der Waals surface area contributed by atoms with E-state index in [2.05, 4.69) is 154 Å². The third-order valence-electron chi connectivity index (χ3n) is 14.1. The third kappa shape index (κ3) is 66.1. The monoisotopic (exact) mass is 1130 g/mol. The van der Waals surface area contributed by atoms with Gasteiger partial charge in [0.2, 0.25) is 0 Å². The van der Waals surface area contributed by atoms with Gasteiger partial charge in [-0.1, -0.05) is 301 Å². The molecule has 0 saturated heterocycles. The first kappa shape index (κ1) is 77.3. The van der Waals surface area contributed by atoms with Crippen LogP contribution in [0.2, 0.25) is 0 Å². The summed E-state index contributed by atoms with van der Waals surface area (Å²) < 4.78 is 16.8. The van der Waals surface area contributed by atoms with Crippen molar-refractivity contribution in [2.24, 2.45) is 0 Å². The zero-order valence-corrected chi connectivity index (χ0v) is 53.2. The zero-order valence-electron chi connectivity index (χ0n) is 53.2. The number of ether oxygens (including phenoxy) is 3. The van der Waals surface area contributed by atoms with Crippen LogP contribution in [0.5, 0.6) is 0 Å². The average Bonchev–Trinajstić information content (AvgIpc) is 3.47. The Kier molecular flexibility index (Phi) is 64.8. The van der Waals surface area contributed by atoms with E-state index in [1.54, 1.807) is 6.08 Å². The molecule has 464 valence electrons. The van der Waals surface area contributed by atoms with Gasteiger partial charge < -0.3 is 14.2 Å². The minimum atomic E-state index is -0.830. The Morgan fingerprint density at radius 3 is 0.854 bits per heavy atom. The maximum Gasteiger partial charge on any atom is 0.309 e. The largest absolute Gasteiger partial charge is 0.462 e. The van der Waals surface area contributed by atoms with Gasteiger partial charge in [-0.2, -0.15) is 0 Å². The standard InChI is InChI=1S/C76H124O6/c1-4-7-10-13-16-19-22-25-28-30-31-32-33-34-35-36-37-38-39-40-41-42-43-44-45-46-49-51-54-57-60-63-66-69-75(78)81-72-73(71-80-74(77)68-65-62-59-56-53-50-47-27-24-21-18-15-12-9-6-3)82-76(79)70-67-64-61-58-55-52-48-29-26-23-20-17-14-11-8-5-2/h7,9-10,12,16,18-21,23,25,27-29,31-32,34-35,47-48,53,56,62,65,73H,4-6,8,11,13-15,17,22,24,26,30,33,36-46,49-52,54-55,57-61,63-64,66-72H2,1-3H3/b10-7-,12-9-,19-16-,21-18-,23-20-,28-25-,32-31-,35-34-,47-27-,48-29-,56-53-,65-62-. The molecule has 6 nitrogen and oxygen atoms in total. The normalized spacial score (nSPS) is 13.1. The molecule has 0 aromatic heterocycles. The predicted octanol–water partition coefficient (Wildman–Crippen LogP) is 23.5. The van der Waals surface area contributed by atoms with E-state index in [0.717, 1.165) is 128 Å². The highest BCUT2D eigenvalue weighted by Crippen LogP contribution is 2.16. The van der Waals surface area contributed by atoms with E-state index >= 15 is 0 Å². The first-order valence-electron chi connectivity index (χ1n) is 33.8. The summed E-state index contributed by atoms with van der Waals surface area (Å²) in [7, 11) is 0. The number of hydrogen-bond acceptors (Lipinski definition) is 6. The summed E-state index contributed by atoms with van der Waals surface area (Å²) in [5.41, 5.74) is 0. The van der Waals surface area contributed by atoms with Crippen molar-refractivity contribution < 1.29 is 28.6 Å². The Labute approximate surface area is 506 Å². The molecule has 0 aromatic carbocycles. The Morgan fingerprint density at radius 1 is 0.268 bits per heavy atom. The summed E-state index contributed by atoms with van der Waals surface area (Å²) in [6, 6.07) is 0. The molecule has 0 saturated carbocycles. The number of carbonyl (C=O) groups excluding carboxylic acids is 3. The van der Waals surface area contributed by atoms with Crippen molar-refractivity contribution in [2.75, 3.05) is 13.2 Å². The lowest BCUT2D eigenvalue weighted by Crippen LogP contribution is -2.30. The molecule has 0 N–H and O–H groups in total. The first-order chi connectivity index (χ1) is 40.5. The molecule has 82 heavy (non-hydrogen) atoms. The fourth-order valence-corrected chi connectivity index (χ4v) is 9.10. The predicted molar refractivity (Wildman–Crippen MR) is 357 cm³/mol. The van der Waals surface area contributed by atoms with Crippen molar-refractivity contribution in [1.29, 1.82) is 0 Å². The highest BCUT2D eigenvalue weighted by Gasteiger charge is 2.19. The van der Waals surface area contributed by atoms with Gasteiger partial charge in [0.1, 0.15) is 13.2 Å². The molecule has 6 heteroatoms. The fraction of sp³-hybridized carbons (Fsp3) is 0.645. The number of hydrogen-bond donors (Lipinski definition) is 0. The Hall–Kier alpha value is -4.71. The van der Waals surface area contributed by atoms with E-state index in [4.69, 9.17) is 14.2 Å². The van der Waals surface area contributed by atoms with E-state index in [0.29, 0.717) is 6.42 Å². The lowest BCUT2D eigenvalue weighted by Gasteiger charge is -2.18. The molecule has 0 spiro atoms. The molecule has 0 rings (SSSR count). The molecule has 0 fully saturated rings. The maximum atomic E-state index is 12.9. The topological polar surface area (TPSA) is 78.9 Å². The Balaban J connectivity index is 4.28. The van der Waals surface area contributed by atoms with Gasteiger partial charge in [-0.15, -0.1) is 0 Å². The van der Waals surface area contributed by atoms with Gasteiger partial charge in [0.25, 0.3) is 0 Å². The van der Waals surface area contributed by atoms with Crippen molar-refractivity contribution in [2.45, 2.75) is 303 Å². The van der Waals surface area contributed by atoms with Crippen molar-refractivity contribution in [3.05, 3.63) is 146 Å². The molecule has 1 atom stereocenters. The minimum Gasteiger partial charge on any atom is -0.462 e. The van der Waals surface area contributed by atoms with Crippen LogP contribution in [-0.4, -0.2) is 37.2 Å². The molecule has 0 aromatic rings. The van der Waals surface area contributed by atoms with E-state index in [1.165, 1.54) is 128 Å². The minimum absolute atomic E-state index is 0.116. The van der Waals surface area contributed by atoms with Crippen LogP contribution in [0.3, 0.4) is 0 Å². The average molecular weight is 1130 g/mol. The molecular formula is C76H124O6. The molecule has 0 aliphatic heterocycles. The number of carbonyl (C=O) groups is 3. The molecule has 0 aliphatic carbocycles. The quantitative estimate of drug-likeness (QED) is 0.0261. The number of allylic oxidation sites excluding steroid dienone is 23. The Morgan fingerprint density at radius 2 is 0.524 bits per heavy atom. The van der Waals surface area contributed by atoms with Crippen LogP contribution in [0.4, 0.5) is 0 Å². The molecule has 0 amide bonds. The second-order valence-corrected chi connectivity index (χ2v) is 22.0.